The van der Waals surface area contributed by atoms with Crippen molar-refractivity contribution in [2.75, 3.05) is 4.90 Å². The molecule has 0 bridgehead atoms. The van der Waals surface area contributed by atoms with E-state index in [-0.39, 0.29) is 0 Å². The molecule has 11 rings (SSSR count). The van der Waals surface area contributed by atoms with Crippen LogP contribution >= 0.6 is 0 Å². The number of anilines is 3. The minimum absolute atomic E-state index is 0.837. The van der Waals surface area contributed by atoms with E-state index in [4.69, 9.17) is 4.74 Å². The minimum atomic E-state index is 0.837. The Labute approximate surface area is 300 Å². The predicted molar refractivity (Wildman–Crippen MR) is 215 cm³/mol. The van der Waals surface area contributed by atoms with Gasteiger partial charge in [0.05, 0.1) is 33.4 Å². The third-order valence-electron chi connectivity index (χ3n) is 10.5. The van der Waals surface area contributed by atoms with E-state index < -0.39 is 0 Å². The van der Waals surface area contributed by atoms with Crippen LogP contribution < -0.4 is 9.64 Å². The fraction of sp³-hybridized carbons (Fsp3) is 0. The molecule has 1 aliphatic rings. The van der Waals surface area contributed by atoms with Crippen LogP contribution in [0.1, 0.15) is 0 Å². The SMILES string of the molecule is c1ccc(N2c3ccccc3Oc3cc(-c4ccc5c(c4)c4ccccc4n5-c4cccc(-n5c6ccccc6c6ccccc65)c4)ccc32)cc1. The minimum Gasteiger partial charge on any atom is -0.453 e. The second-order valence-corrected chi connectivity index (χ2v) is 13.4. The van der Waals surface area contributed by atoms with Crippen molar-refractivity contribution >= 4 is 60.7 Å². The first-order valence-electron chi connectivity index (χ1n) is 17.7. The number of hydrogen-bond donors (Lipinski definition) is 0. The average molecular weight is 666 g/mol. The highest BCUT2D eigenvalue weighted by Crippen LogP contribution is 2.51. The van der Waals surface area contributed by atoms with Gasteiger partial charge in [0.1, 0.15) is 0 Å². The van der Waals surface area contributed by atoms with Gasteiger partial charge in [-0.15, -0.1) is 0 Å². The first-order valence-corrected chi connectivity index (χ1v) is 17.7. The smallest absolute Gasteiger partial charge is 0.152 e. The van der Waals surface area contributed by atoms with E-state index in [2.05, 4.69) is 190 Å². The molecule has 52 heavy (non-hydrogen) atoms. The van der Waals surface area contributed by atoms with Crippen molar-refractivity contribution in [1.82, 2.24) is 9.13 Å². The van der Waals surface area contributed by atoms with Crippen molar-refractivity contribution in [2.45, 2.75) is 0 Å². The standard InChI is InChI=1S/C48H31N3O/c1-2-13-34(14-3-1)49-45-23-10-11-24-47(45)52-48-30-33(26-28-46(48)49)32-25-27-44-40(29-32)39-19-6-9-22-43(39)51(44)36-16-12-15-35(31-36)50-41-20-7-4-17-37(41)38-18-5-8-21-42(38)50/h1-31H. The monoisotopic (exact) mass is 665 g/mol. The Balaban J connectivity index is 1.05. The molecule has 0 unspecified atom stereocenters. The highest BCUT2D eigenvalue weighted by Gasteiger charge is 2.26. The summed E-state index contributed by atoms with van der Waals surface area (Å²) in [6.07, 6.45) is 0. The zero-order valence-electron chi connectivity index (χ0n) is 28.1. The number of fused-ring (bicyclic) bond motifs is 8. The summed E-state index contributed by atoms with van der Waals surface area (Å²) in [7, 11) is 0. The summed E-state index contributed by atoms with van der Waals surface area (Å²) in [4.78, 5) is 2.28. The lowest BCUT2D eigenvalue weighted by Crippen LogP contribution is -2.15. The summed E-state index contributed by atoms with van der Waals surface area (Å²) in [5, 5.41) is 4.96. The number of para-hydroxylation sites is 6. The summed E-state index contributed by atoms with van der Waals surface area (Å²) in [5.41, 5.74) is 12.4. The highest BCUT2D eigenvalue weighted by molar-refractivity contribution is 6.11. The van der Waals surface area contributed by atoms with Crippen molar-refractivity contribution in [3.63, 3.8) is 0 Å². The molecule has 0 saturated heterocycles. The van der Waals surface area contributed by atoms with E-state index in [1.807, 2.05) is 12.1 Å². The molecule has 3 heterocycles. The maximum Gasteiger partial charge on any atom is 0.152 e. The third kappa shape index (κ3) is 4.28. The number of benzene rings is 8. The van der Waals surface area contributed by atoms with Gasteiger partial charge in [-0.25, -0.2) is 0 Å². The maximum absolute atomic E-state index is 6.56. The lowest BCUT2D eigenvalue weighted by atomic mass is 10.0. The number of hydrogen-bond acceptors (Lipinski definition) is 2. The normalized spacial score (nSPS) is 12.3. The molecule has 4 nitrogen and oxygen atoms in total. The Morgan fingerprint density at radius 3 is 1.50 bits per heavy atom. The van der Waals surface area contributed by atoms with Gasteiger partial charge in [-0.2, -0.15) is 0 Å². The molecule has 0 fully saturated rings. The Morgan fingerprint density at radius 2 is 0.808 bits per heavy atom. The second-order valence-electron chi connectivity index (χ2n) is 13.4. The van der Waals surface area contributed by atoms with Crippen molar-refractivity contribution < 1.29 is 4.74 Å². The molecule has 10 aromatic rings. The van der Waals surface area contributed by atoms with E-state index in [1.165, 1.54) is 43.6 Å². The first kappa shape index (κ1) is 28.8. The van der Waals surface area contributed by atoms with Crippen molar-refractivity contribution in [2.24, 2.45) is 0 Å². The van der Waals surface area contributed by atoms with Gasteiger partial charge in [-0.1, -0.05) is 103 Å². The van der Waals surface area contributed by atoms with Gasteiger partial charge in [-0.3, -0.25) is 0 Å². The Hall–Kier alpha value is -7.04. The van der Waals surface area contributed by atoms with Crippen LogP contribution in [0.15, 0.2) is 188 Å². The van der Waals surface area contributed by atoms with Gasteiger partial charge in [0.2, 0.25) is 0 Å². The maximum atomic E-state index is 6.56. The van der Waals surface area contributed by atoms with Gasteiger partial charge < -0.3 is 18.8 Å². The lowest BCUT2D eigenvalue weighted by Gasteiger charge is -2.33. The van der Waals surface area contributed by atoms with Gasteiger partial charge >= 0.3 is 0 Å². The van der Waals surface area contributed by atoms with Crippen LogP contribution in [0.25, 0.3) is 66.1 Å². The fourth-order valence-electron chi connectivity index (χ4n) is 8.19. The van der Waals surface area contributed by atoms with Gasteiger partial charge in [0.25, 0.3) is 0 Å². The summed E-state index contributed by atoms with van der Waals surface area (Å²) >= 11 is 0. The molecule has 1 aliphatic heterocycles. The van der Waals surface area contributed by atoms with Crippen LogP contribution in [0, 0.1) is 0 Å². The first-order chi connectivity index (χ1) is 25.8. The Bertz CT molecular complexity index is 2950. The topological polar surface area (TPSA) is 22.3 Å². The number of aromatic nitrogens is 2. The molecule has 0 atom stereocenters. The molecule has 8 aromatic carbocycles. The molecule has 0 aliphatic carbocycles. The van der Waals surface area contributed by atoms with E-state index >= 15 is 0 Å². The molecule has 0 N–H and O–H groups in total. The van der Waals surface area contributed by atoms with E-state index in [0.717, 1.165) is 51.1 Å². The summed E-state index contributed by atoms with van der Waals surface area (Å²) in [6.45, 7) is 0. The van der Waals surface area contributed by atoms with Crippen molar-refractivity contribution in [1.29, 1.82) is 0 Å². The van der Waals surface area contributed by atoms with Crippen molar-refractivity contribution in [3.05, 3.63) is 188 Å². The van der Waals surface area contributed by atoms with Crippen LogP contribution in [0.3, 0.4) is 0 Å². The average Bonchev–Trinajstić information content (AvgIpc) is 3.73. The summed E-state index contributed by atoms with van der Waals surface area (Å²) in [6, 6.07) is 67.1. The van der Waals surface area contributed by atoms with Gasteiger partial charge in [-0.05, 0) is 96.1 Å². The zero-order chi connectivity index (χ0) is 34.2. The van der Waals surface area contributed by atoms with Crippen LogP contribution in [-0.4, -0.2) is 9.13 Å². The number of ether oxygens (including phenoxy) is 1. The van der Waals surface area contributed by atoms with Crippen LogP contribution in [0.4, 0.5) is 17.1 Å². The molecule has 0 amide bonds. The molecular formula is C48H31N3O. The number of nitrogens with zero attached hydrogens (tertiary/aromatic N) is 3. The second kappa shape index (κ2) is 11.2. The van der Waals surface area contributed by atoms with Crippen LogP contribution in [0.5, 0.6) is 11.5 Å². The highest BCUT2D eigenvalue weighted by atomic mass is 16.5. The lowest BCUT2D eigenvalue weighted by molar-refractivity contribution is 0.477. The van der Waals surface area contributed by atoms with Gasteiger partial charge in [0.15, 0.2) is 11.5 Å². The molecule has 4 heteroatoms. The summed E-state index contributed by atoms with van der Waals surface area (Å²) < 4.78 is 11.3. The molecular weight excluding hydrogens is 635 g/mol. The van der Waals surface area contributed by atoms with E-state index in [9.17, 15) is 0 Å². The molecule has 0 spiro atoms. The molecule has 0 radical (unpaired) electrons. The predicted octanol–water partition coefficient (Wildman–Crippen LogP) is 13.1. The molecule has 0 saturated carbocycles. The quantitative estimate of drug-likeness (QED) is 0.187. The molecule has 244 valence electrons. The summed E-state index contributed by atoms with van der Waals surface area (Å²) in [5.74, 6) is 1.68. The zero-order valence-corrected chi connectivity index (χ0v) is 28.1. The molecule has 2 aromatic heterocycles. The third-order valence-corrected chi connectivity index (χ3v) is 10.5. The fourth-order valence-corrected chi connectivity index (χ4v) is 8.19. The number of rotatable bonds is 4. The van der Waals surface area contributed by atoms with E-state index in [0.29, 0.717) is 0 Å². The van der Waals surface area contributed by atoms with Crippen LogP contribution in [-0.2, 0) is 0 Å². The van der Waals surface area contributed by atoms with Crippen molar-refractivity contribution in [3.8, 4) is 34.0 Å². The Morgan fingerprint density at radius 1 is 0.308 bits per heavy atom. The Kier molecular flexibility index (Phi) is 6.22. The van der Waals surface area contributed by atoms with Crippen LogP contribution in [0.2, 0.25) is 0 Å². The van der Waals surface area contributed by atoms with Gasteiger partial charge in [0, 0.05) is 38.6 Å². The van der Waals surface area contributed by atoms with E-state index in [1.54, 1.807) is 0 Å². The largest absolute Gasteiger partial charge is 0.453 e.